The molecule has 3 nitrogen and oxygen atoms in total. The minimum absolute atomic E-state index is 0.0749. The zero-order valence-corrected chi connectivity index (χ0v) is 16.5. The van der Waals surface area contributed by atoms with Crippen LogP contribution in [0.25, 0.3) is 21.0 Å². The summed E-state index contributed by atoms with van der Waals surface area (Å²) in [6.45, 7) is 0.508. The van der Waals surface area contributed by atoms with Crippen molar-refractivity contribution in [2.24, 2.45) is 0 Å². The van der Waals surface area contributed by atoms with Gasteiger partial charge in [0.05, 0.1) is 5.52 Å². The molecule has 4 rings (SSSR count). The van der Waals surface area contributed by atoms with Crippen LogP contribution in [0.3, 0.4) is 0 Å². The largest absolute Gasteiger partial charge is 0.348 e. The van der Waals surface area contributed by atoms with Crippen molar-refractivity contribution in [2.75, 3.05) is 6.26 Å². The van der Waals surface area contributed by atoms with Gasteiger partial charge in [-0.2, -0.15) is 0 Å². The van der Waals surface area contributed by atoms with Gasteiger partial charge < -0.3 is 5.32 Å². The number of nitrogens with one attached hydrogen (secondary N) is 1. The molecule has 0 aliphatic heterocycles. The summed E-state index contributed by atoms with van der Waals surface area (Å²) in [7, 11) is 3.33. The van der Waals surface area contributed by atoms with Gasteiger partial charge in [-0.1, -0.05) is 33.7 Å². The first-order chi connectivity index (χ1) is 12.8. The molecule has 0 radical (unpaired) electrons. The van der Waals surface area contributed by atoms with Gasteiger partial charge in [-0.05, 0) is 59.0 Å². The third-order valence-corrected chi connectivity index (χ3v) is 6.73. The first-order valence-electron chi connectivity index (χ1n) is 8.09. The van der Waals surface area contributed by atoms with Crippen molar-refractivity contribution in [3.05, 3.63) is 71.2 Å². The Bertz CT molecular complexity index is 1090. The second-order valence-corrected chi connectivity index (χ2v) is 9.12. The number of benzene rings is 2. The van der Waals surface area contributed by atoms with E-state index in [2.05, 4.69) is 39.9 Å². The van der Waals surface area contributed by atoms with Gasteiger partial charge in [0, 0.05) is 33.3 Å². The summed E-state index contributed by atoms with van der Waals surface area (Å²) >= 11 is 1.73. The van der Waals surface area contributed by atoms with Crippen LogP contribution in [0.2, 0.25) is 0 Å². The van der Waals surface area contributed by atoms with Crippen LogP contribution in [0.15, 0.2) is 65.0 Å². The molecule has 1 N–H and O–H groups in total. The van der Waals surface area contributed by atoms with Crippen molar-refractivity contribution >= 4 is 59.8 Å². The number of carbonyl (C=O) groups is 1. The standard InChI is InChI=1S/C20H16N2OS3/c1-24-26-18-7-5-16(15-3-2-9-21-19(15)18)20(23)22-12-13-4-6-17-14(11-13)8-10-25-17/h2-11H,12H2,1H3,(H,22,23). The predicted molar refractivity (Wildman–Crippen MR) is 114 cm³/mol. The van der Waals surface area contributed by atoms with Gasteiger partial charge in [-0.3, -0.25) is 9.78 Å². The Morgan fingerprint density at radius 3 is 3.00 bits per heavy atom. The van der Waals surface area contributed by atoms with E-state index in [1.165, 1.54) is 10.1 Å². The minimum Gasteiger partial charge on any atom is -0.348 e. The Morgan fingerprint density at radius 1 is 1.19 bits per heavy atom. The number of aromatic nitrogens is 1. The first-order valence-corrected chi connectivity index (χ1v) is 11.5. The van der Waals surface area contributed by atoms with Gasteiger partial charge in [0.15, 0.2) is 0 Å². The van der Waals surface area contributed by atoms with Crippen LogP contribution in [0.5, 0.6) is 0 Å². The lowest BCUT2D eigenvalue weighted by Crippen LogP contribution is -2.23. The molecule has 4 aromatic rings. The highest BCUT2D eigenvalue weighted by Gasteiger charge is 2.13. The minimum atomic E-state index is -0.0749. The number of nitrogens with zero attached hydrogens (tertiary/aromatic N) is 1. The molecule has 0 saturated heterocycles. The number of hydrogen-bond acceptors (Lipinski definition) is 5. The van der Waals surface area contributed by atoms with Gasteiger partial charge in [0.1, 0.15) is 0 Å². The molecule has 0 atom stereocenters. The zero-order chi connectivity index (χ0) is 17.9. The van der Waals surface area contributed by atoms with E-state index in [-0.39, 0.29) is 5.91 Å². The quantitative estimate of drug-likeness (QED) is 0.436. The Kier molecular flexibility index (Phi) is 5.15. The van der Waals surface area contributed by atoms with E-state index >= 15 is 0 Å². The summed E-state index contributed by atoms with van der Waals surface area (Å²) in [6.07, 6.45) is 3.80. The molecule has 6 heteroatoms. The highest BCUT2D eigenvalue weighted by molar-refractivity contribution is 8.76. The molecule has 0 aliphatic rings. The maximum absolute atomic E-state index is 12.8. The van der Waals surface area contributed by atoms with Crippen LogP contribution in [0.1, 0.15) is 15.9 Å². The molecule has 0 saturated carbocycles. The Balaban J connectivity index is 1.58. The molecular weight excluding hydrogens is 380 g/mol. The Labute approximate surface area is 163 Å². The zero-order valence-electron chi connectivity index (χ0n) is 14.1. The molecule has 0 spiro atoms. The van der Waals surface area contributed by atoms with Gasteiger partial charge in [0.2, 0.25) is 0 Å². The summed E-state index contributed by atoms with van der Waals surface area (Å²) in [4.78, 5) is 18.3. The second kappa shape index (κ2) is 7.70. The fraction of sp³-hybridized carbons (Fsp3) is 0.100. The summed E-state index contributed by atoms with van der Waals surface area (Å²) in [5, 5.41) is 7.23. The number of rotatable bonds is 5. The van der Waals surface area contributed by atoms with Gasteiger partial charge in [-0.25, -0.2) is 0 Å². The number of thiophene rings is 1. The molecule has 1 amide bonds. The van der Waals surface area contributed by atoms with Crippen LogP contribution in [-0.2, 0) is 6.54 Å². The SMILES string of the molecule is CSSc1ccc(C(=O)NCc2ccc3sccc3c2)c2cccnc12. The molecule has 130 valence electrons. The van der Waals surface area contributed by atoms with E-state index in [1.54, 1.807) is 39.1 Å². The summed E-state index contributed by atoms with van der Waals surface area (Å²) in [5.41, 5.74) is 2.63. The lowest BCUT2D eigenvalue weighted by Gasteiger charge is -2.10. The highest BCUT2D eigenvalue weighted by atomic mass is 33.1. The summed E-state index contributed by atoms with van der Waals surface area (Å²) in [6, 6.07) is 16.1. The molecule has 26 heavy (non-hydrogen) atoms. The van der Waals surface area contributed by atoms with Crippen molar-refractivity contribution in [3.63, 3.8) is 0 Å². The molecule has 2 heterocycles. The number of fused-ring (bicyclic) bond motifs is 2. The number of carbonyl (C=O) groups excluding carboxylic acids is 1. The fourth-order valence-corrected chi connectivity index (χ4v) is 5.16. The average molecular weight is 397 g/mol. The number of amides is 1. The van der Waals surface area contributed by atoms with E-state index in [4.69, 9.17) is 0 Å². The van der Waals surface area contributed by atoms with E-state index < -0.39 is 0 Å². The average Bonchev–Trinajstić information content (AvgIpc) is 3.14. The summed E-state index contributed by atoms with van der Waals surface area (Å²) in [5.74, 6) is -0.0749. The molecule has 2 aromatic carbocycles. The van der Waals surface area contributed by atoms with E-state index in [9.17, 15) is 4.79 Å². The third-order valence-electron chi connectivity index (χ3n) is 4.12. The van der Waals surface area contributed by atoms with Crippen molar-refractivity contribution in [3.8, 4) is 0 Å². The lowest BCUT2D eigenvalue weighted by atomic mass is 10.1. The maximum atomic E-state index is 12.8. The van der Waals surface area contributed by atoms with Crippen LogP contribution in [0, 0.1) is 0 Å². The van der Waals surface area contributed by atoms with Gasteiger partial charge in [-0.15, -0.1) is 11.3 Å². The molecule has 0 unspecified atom stereocenters. The topological polar surface area (TPSA) is 42.0 Å². The number of pyridine rings is 1. The summed E-state index contributed by atoms with van der Waals surface area (Å²) < 4.78 is 1.26. The van der Waals surface area contributed by atoms with E-state index in [0.717, 1.165) is 21.4 Å². The first kappa shape index (κ1) is 17.4. The fourth-order valence-electron chi connectivity index (χ4n) is 2.91. The molecule has 2 aromatic heterocycles. The van der Waals surface area contributed by atoms with Crippen molar-refractivity contribution < 1.29 is 4.79 Å². The third kappa shape index (κ3) is 3.45. The van der Waals surface area contributed by atoms with E-state index in [1.807, 2.05) is 30.5 Å². The molecule has 0 fully saturated rings. The maximum Gasteiger partial charge on any atom is 0.252 e. The highest BCUT2D eigenvalue weighted by Crippen LogP contribution is 2.34. The normalized spacial score (nSPS) is 11.1. The second-order valence-electron chi connectivity index (χ2n) is 5.74. The lowest BCUT2D eigenvalue weighted by molar-refractivity contribution is 0.0952. The van der Waals surface area contributed by atoms with Gasteiger partial charge >= 0.3 is 0 Å². The van der Waals surface area contributed by atoms with Crippen LogP contribution < -0.4 is 5.32 Å². The molecule has 0 aliphatic carbocycles. The van der Waals surface area contributed by atoms with Crippen molar-refractivity contribution in [1.29, 1.82) is 0 Å². The monoisotopic (exact) mass is 396 g/mol. The van der Waals surface area contributed by atoms with Crippen LogP contribution in [0.4, 0.5) is 0 Å². The Hall–Kier alpha value is -2.02. The smallest absolute Gasteiger partial charge is 0.252 e. The Morgan fingerprint density at radius 2 is 2.12 bits per heavy atom. The van der Waals surface area contributed by atoms with Crippen molar-refractivity contribution in [1.82, 2.24) is 10.3 Å². The number of hydrogen-bond donors (Lipinski definition) is 1. The predicted octanol–water partition coefficient (Wildman–Crippen LogP) is 5.75. The molecular formula is C20H16N2OS3. The van der Waals surface area contributed by atoms with Crippen molar-refractivity contribution in [2.45, 2.75) is 11.4 Å². The van der Waals surface area contributed by atoms with Crippen LogP contribution >= 0.6 is 32.9 Å². The van der Waals surface area contributed by atoms with Gasteiger partial charge in [0.25, 0.3) is 5.91 Å². The molecule has 0 bridgehead atoms. The van der Waals surface area contributed by atoms with E-state index in [0.29, 0.717) is 12.1 Å². The van der Waals surface area contributed by atoms with Crippen LogP contribution in [-0.4, -0.2) is 17.1 Å².